The normalized spacial score (nSPS) is 10.8. The Hall–Kier alpha value is -2.23. The van der Waals surface area contributed by atoms with Crippen LogP contribution in [0.1, 0.15) is 24.2 Å². The Kier molecular flexibility index (Phi) is 7.94. The van der Waals surface area contributed by atoms with E-state index in [1.807, 2.05) is 44.2 Å². The third kappa shape index (κ3) is 6.95. The molecule has 0 aliphatic carbocycles. The molecule has 26 heavy (non-hydrogen) atoms. The highest BCUT2D eigenvalue weighted by Gasteiger charge is 2.19. The van der Waals surface area contributed by atoms with Crippen molar-refractivity contribution in [2.24, 2.45) is 11.1 Å². The van der Waals surface area contributed by atoms with E-state index < -0.39 is 16.0 Å². The number of nitrogens with one attached hydrogen (secondary N) is 1. The minimum Gasteiger partial charge on any atom is -0.478 e. The predicted octanol–water partition coefficient (Wildman–Crippen LogP) is 2.66. The minimum absolute atomic E-state index is 0.119. The molecule has 0 aliphatic rings. The number of anilines is 2. The lowest BCUT2D eigenvalue weighted by molar-refractivity contribution is 0.0696. The highest BCUT2D eigenvalue weighted by atomic mass is 32.2. The molecule has 0 bridgehead atoms. The first-order valence-electron chi connectivity index (χ1n) is 7.70. The van der Waals surface area contributed by atoms with Gasteiger partial charge < -0.3 is 16.2 Å². The molecule has 9 heteroatoms. The van der Waals surface area contributed by atoms with E-state index in [0.717, 1.165) is 11.8 Å². The maximum atomic E-state index is 11.4. The van der Waals surface area contributed by atoms with Gasteiger partial charge in [0.05, 0.1) is 10.5 Å². The van der Waals surface area contributed by atoms with Gasteiger partial charge in [-0.3, -0.25) is 0 Å². The molecule has 0 amide bonds. The lowest BCUT2D eigenvalue weighted by Gasteiger charge is -2.14. The molecule has 0 aromatic heterocycles. The van der Waals surface area contributed by atoms with E-state index in [2.05, 4.69) is 17.9 Å². The SMILES string of the molecule is CC(C)CNc1cc(C(=O)O)cc(S(N)(=O)=O)c1S.Nc1ccccc1. The van der Waals surface area contributed by atoms with E-state index >= 15 is 0 Å². The van der Waals surface area contributed by atoms with Crippen LogP contribution in [-0.2, 0) is 10.0 Å². The number of nitrogen functional groups attached to an aromatic ring is 1. The number of hydrogen-bond donors (Lipinski definition) is 5. The quantitative estimate of drug-likeness (QED) is 0.389. The number of hydrogen-bond acceptors (Lipinski definition) is 6. The van der Waals surface area contributed by atoms with Crippen LogP contribution in [0.5, 0.6) is 0 Å². The standard InChI is InChI=1S/C11H16N2O4S2.C6H7N/c1-6(2)5-13-8-3-7(11(14)15)4-9(10(8)18)19(12,16)17;7-6-4-2-1-3-5-6/h3-4,6,13,18H,5H2,1-2H3,(H,14,15)(H2,12,16,17);1-5H,7H2. The predicted molar refractivity (Wildman–Crippen MR) is 106 cm³/mol. The van der Waals surface area contributed by atoms with E-state index in [9.17, 15) is 13.2 Å². The fourth-order valence-electron chi connectivity index (χ4n) is 1.85. The average molecular weight is 398 g/mol. The van der Waals surface area contributed by atoms with Gasteiger partial charge in [0.2, 0.25) is 10.0 Å². The summed E-state index contributed by atoms with van der Waals surface area (Å²) in [5.41, 5.74) is 6.35. The van der Waals surface area contributed by atoms with E-state index in [0.29, 0.717) is 18.2 Å². The number of primary sulfonamides is 1. The maximum absolute atomic E-state index is 11.4. The van der Waals surface area contributed by atoms with Gasteiger partial charge in [0, 0.05) is 22.8 Å². The third-order valence-corrected chi connectivity index (χ3v) is 4.70. The number of thiol groups is 1. The number of carboxylic acids is 1. The van der Waals surface area contributed by atoms with Gasteiger partial charge in [-0.15, -0.1) is 12.6 Å². The topological polar surface area (TPSA) is 136 Å². The van der Waals surface area contributed by atoms with Crippen LogP contribution in [0.2, 0.25) is 0 Å². The Bertz CT molecular complexity index is 854. The van der Waals surface area contributed by atoms with E-state index in [-0.39, 0.29) is 15.4 Å². The fourth-order valence-corrected chi connectivity index (χ4v) is 3.11. The van der Waals surface area contributed by atoms with Gasteiger partial charge >= 0.3 is 5.97 Å². The van der Waals surface area contributed by atoms with Gasteiger partial charge in [-0.25, -0.2) is 18.4 Å². The molecule has 142 valence electrons. The molecule has 2 aromatic rings. The molecule has 2 rings (SSSR count). The van der Waals surface area contributed by atoms with Crippen LogP contribution < -0.4 is 16.2 Å². The smallest absolute Gasteiger partial charge is 0.335 e. The van der Waals surface area contributed by atoms with Gasteiger partial charge in [-0.2, -0.15) is 0 Å². The van der Waals surface area contributed by atoms with Crippen LogP contribution in [0.25, 0.3) is 0 Å². The lowest BCUT2D eigenvalue weighted by Crippen LogP contribution is -2.16. The van der Waals surface area contributed by atoms with Crippen LogP contribution in [-0.4, -0.2) is 26.0 Å². The molecule has 7 nitrogen and oxygen atoms in total. The van der Waals surface area contributed by atoms with E-state index in [1.54, 1.807) is 0 Å². The van der Waals surface area contributed by atoms with Gasteiger partial charge in [0.15, 0.2) is 0 Å². The summed E-state index contributed by atoms with van der Waals surface area (Å²) >= 11 is 4.11. The summed E-state index contributed by atoms with van der Waals surface area (Å²) in [6, 6.07) is 11.8. The average Bonchev–Trinajstić information content (AvgIpc) is 2.53. The van der Waals surface area contributed by atoms with E-state index in [1.165, 1.54) is 6.07 Å². The van der Waals surface area contributed by atoms with Crippen molar-refractivity contribution in [3.63, 3.8) is 0 Å². The molecule has 2 aromatic carbocycles. The number of rotatable bonds is 5. The molecular formula is C17H23N3O4S2. The van der Waals surface area contributed by atoms with Crippen molar-refractivity contribution in [2.45, 2.75) is 23.6 Å². The number of aromatic carboxylic acids is 1. The zero-order chi connectivity index (χ0) is 19.9. The number of carbonyl (C=O) groups is 1. The second kappa shape index (κ2) is 9.46. The number of para-hydroxylation sites is 1. The summed E-state index contributed by atoms with van der Waals surface area (Å²) in [5.74, 6) is -0.926. The first kappa shape index (κ1) is 21.8. The Morgan fingerprint density at radius 3 is 2.19 bits per heavy atom. The molecule has 0 spiro atoms. The van der Waals surface area contributed by atoms with Crippen molar-refractivity contribution in [1.29, 1.82) is 0 Å². The van der Waals surface area contributed by atoms with Gasteiger partial charge in [0.25, 0.3) is 0 Å². The van der Waals surface area contributed by atoms with Crippen molar-refractivity contribution in [2.75, 3.05) is 17.6 Å². The molecule has 0 atom stereocenters. The minimum atomic E-state index is -4.03. The van der Waals surface area contributed by atoms with Crippen molar-refractivity contribution >= 4 is 40.0 Å². The summed E-state index contributed by atoms with van der Waals surface area (Å²) in [7, 11) is -4.03. The van der Waals surface area contributed by atoms with Crippen LogP contribution in [0, 0.1) is 5.92 Å². The third-order valence-electron chi connectivity index (χ3n) is 3.13. The molecule has 0 heterocycles. The highest BCUT2D eigenvalue weighted by Crippen LogP contribution is 2.29. The summed E-state index contributed by atoms with van der Waals surface area (Å²) in [6.07, 6.45) is 0. The maximum Gasteiger partial charge on any atom is 0.335 e. The van der Waals surface area contributed by atoms with Crippen molar-refractivity contribution < 1.29 is 18.3 Å². The number of carboxylic acid groups (broad SMARTS) is 1. The summed E-state index contributed by atoms with van der Waals surface area (Å²) in [5, 5.41) is 17.0. The van der Waals surface area contributed by atoms with Crippen molar-refractivity contribution in [3.8, 4) is 0 Å². The monoisotopic (exact) mass is 397 g/mol. The Labute approximate surface area is 158 Å². The molecule has 6 N–H and O–H groups in total. The van der Waals surface area contributed by atoms with Crippen molar-refractivity contribution in [1.82, 2.24) is 0 Å². The first-order chi connectivity index (χ1) is 12.0. The Morgan fingerprint density at radius 2 is 1.81 bits per heavy atom. The van der Waals surface area contributed by atoms with E-state index in [4.69, 9.17) is 16.0 Å². The summed E-state index contributed by atoms with van der Waals surface area (Å²) < 4.78 is 22.9. The molecule has 0 saturated carbocycles. The second-order valence-corrected chi connectivity index (χ2v) is 7.88. The molecule has 0 saturated heterocycles. The fraction of sp³-hybridized carbons (Fsp3) is 0.235. The van der Waals surface area contributed by atoms with Gasteiger partial charge in [-0.1, -0.05) is 32.0 Å². The zero-order valence-corrected chi connectivity index (χ0v) is 16.2. The number of benzene rings is 2. The van der Waals surface area contributed by atoms with Gasteiger partial charge in [0.1, 0.15) is 0 Å². The lowest BCUT2D eigenvalue weighted by atomic mass is 10.1. The van der Waals surface area contributed by atoms with Crippen molar-refractivity contribution in [3.05, 3.63) is 48.0 Å². The molecule has 0 radical (unpaired) electrons. The second-order valence-electron chi connectivity index (χ2n) is 5.91. The highest BCUT2D eigenvalue weighted by molar-refractivity contribution is 7.90. The van der Waals surface area contributed by atoms with Crippen LogP contribution >= 0.6 is 12.6 Å². The van der Waals surface area contributed by atoms with Gasteiger partial charge in [-0.05, 0) is 30.2 Å². The molecule has 0 fully saturated rings. The van der Waals surface area contributed by atoms with Crippen LogP contribution in [0.15, 0.2) is 52.3 Å². The van der Waals surface area contributed by atoms with Crippen LogP contribution in [0.3, 0.4) is 0 Å². The summed E-state index contributed by atoms with van der Waals surface area (Å²) in [4.78, 5) is 10.8. The Balaban J connectivity index is 0.000000401. The van der Waals surface area contributed by atoms with Crippen LogP contribution in [0.4, 0.5) is 11.4 Å². The Morgan fingerprint density at radius 1 is 1.23 bits per heavy atom. The number of sulfonamides is 1. The molecule has 0 aliphatic heterocycles. The first-order valence-corrected chi connectivity index (χ1v) is 9.69. The molecular weight excluding hydrogens is 374 g/mol. The number of nitrogens with two attached hydrogens (primary N) is 2. The zero-order valence-electron chi connectivity index (χ0n) is 14.5. The summed E-state index contributed by atoms with van der Waals surface area (Å²) in [6.45, 7) is 4.49. The molecule has 0 unspecified atom stereocenters. The largest absolute Gasteiger partial charge is 0.478 e.